The van der Waals surface area contributed by atoms with Crippen LogP contribution in [0.2, 0.25) is 0 Å². The Labute approximate surface area is 108 Å². The molecule has 18 heavy (non-hydrogen) atoms. The first kappa shape index (κ1) is 14.5. The number of nitrogens with zero attached hydrogens (tertiary/aromatic N) is 1. The number of carbonyl (C=O) groups is 2. The molecule has 0 aromatic carbocycles. The van der Waals surface area contributed by atoms with E-state index in [-0.39, 0.29) is 18.3 Å². The topological polar surface area (TPSA) is 72.6 Å². The fourth-order valence-electron chi connectivity index (χ4n) is 2.11. The zero-order valence-electron chi connectivity index (χ0n) is 10.7. The highest BCUT2D eigenvalue weighted by Gasteiger charge is 2.34. The molecule has 1 aliphatic heterocycles. The molecule has 2 atom stereocenters. The van der Waals surface area contributed by atoms with E-state index in [2.05, 4.69) is 5.92 Å². The molecule has 5 nitrogen and oxygen atoms in total. The minimum absolute atomic E-state index is 0.185. The largest absolute Gasteiger partial charge is 0.464 e. The molecular formula is C13H20N2O3. The molecule has 0 saturated carbocycles. The molecule has 1 heterocycles. The fourth-order valence-corrected chi connectivity index (χ4v) is 2.11. The molecule has 1 saturated heterocycles. The lowest BCUT2D eigenvalue weighted by Crippen LogP contribution is -2.53. The van der Waals surface area contributed by atoms with Crippen molar-refractivity contribution in [3.63, 3.8) is 0 Å². The standard InChI is InChI=1S/C13H20N2O3/c1-3-7-10(14)12(16)15-9-6-5-8-11(15)13(17)18-4-2/h1,10-11H,4-9,14H2,2H3. The van der Waals surface area contributed by atoms with Gasteiger partial charge in [0.1, 0.15) is 6.04 Å². The lowest BCUT2D eigenvalue weighted by Gasteiger charge is -2.35. The van der Waals surface area contributed by atoms with Crippen LogP contribution in [0.1, 0.15) is 32.6 Å². The molecular weight excluding hydrogens is 232 g/mol. The van der Waals surface area contributed by atoms with Crippen molar-refractivity contribution in [2.75, 3.05) is 13.2 Å². The molecule has 100 valence electrons. The van der Waals surface area contributed by atoms with Crippen LogP contribution in [0.25, 0.3) is 0 Å². The third-order valence-corrected chi connectivity index (χ3v) is 3.00. The van der Waals surface area contributed by atoms with Crippen LogP contribution in [-0.4, -0.2) is 42.0 Å². The fraction of sp³-hybridized carbons (Fsp3) is 0.692. The summed E-state index contributed by atoms with van der Waals surface area (Å²) >= 11 is 0. The second-order valence-electron chi connectivity index (χ2n) is 4.31. The summed E-state index contributed by atoms with van der Waals surface area (Å²) in [4.78, 5) is 25.4. The Morgan fingerprint density at radius 3 is 2.89 bits per heavy atom. The summed E-state index contributed by atoms with van der Waals surface area (Å²) in [6, 6.07) is -1.24. The van der Waals surface area contributed by atoms with Gasteiger partial charge in [0.25, 0.3) is 0 Å². The van der Waals surface area contributed by atoms with Gasteiger partial charge in [0.15, 0.2) is 0 Å². The number of piperidine rings is 1. The average Bonchev–Trinajstić information content (AvgIpc) is 2.38. The van der Waals surface area contributed by atoms with Gasteiger partial charge in [-0.05, 0) is 26.2 Å². The van der Waals surface area contributed by atoms with Gasteiger partial charge in [-0.25, -0.2) is 4.79 Å². The number of amides is 1. The summed E-state index contributed by atoms with van der Waals surface area (Å²) in [7, 11) is 0. The smallest absolute Gasteiger partial charge is 0.328 e. The van der Waals surface area contributed by atoms with E-state index in [1.54, 1.807) is 6.92 Å². The predicted molar refractivity (Wildman–Crippen MR) is 67.4 cm³/mol. The van der Waals surface area contributed by atoms with Crippen LogP contribution in [0.5, 0.6) is 0 Å². The number of terminal acetylenes is 1. The van der Waals surface area contributed by atoms with Crippen molar-refractivity contribution in [1.82, 2.24) is 4.90 Å². The van der Waals surface area contributed by atoms with Crippen molar-refractivity contribution < 1.29 is 14.3 Å². The predicted octanol–water partition coefficient (Wildman–Crippen LogP) is 0.281. The highest BCUT2D eigenvalue weighted by Crippen LogP contribution is 2.19. The summed E-state index contributed by atoms with van der Waals surface area (Å²) in [5, 5.41) is 0. The Hall–Kier alpha value is -1.54. The Balaban J connectivity index is 2.73. The van der Waals surface area contributed by atoms with Crippen LogP contribution >= 0.6 is 0 Å². The summed E-state index contributed by atoms with van der Waals surface area (Å²) < 4.78 is 4.99. The summed E-state index contributed by atoms with van der Waals surface area (Å²) in [5.41, 5.74) is 5.71. The molecule has 0 aromatic rings. The SMILES string of the molecule is C#CCC(N)C(=O)N1CCCCC1C(=O)OCC. The first-order valence-corrected chi connectivity index (χ1v) is 6.28. The normalized spacial score (nSPS) is 20.9. The number of hydrogen-bond donors (Lipinski definition) is 1. The minimum Gasteiger partial charge on any atom is -0.464 e. The van der Waals surface area contributed by atoms with Crippen molar-refractivity contribution in [3.8, 4) is 12.3 Å². The molecule has 1 aliphatic rings. The molecule has 0 spiro atoms. The van der Waals surface area contributed by atoms with Crippen molar-refractivity contribution in [2.24, 2.45) is 5.73 Å². The Morgan fingerprint density at radius 1 is 1.56 bits per heavy atom. The lowest BCUT2D eigenvalue weighted by atomic mass is 10.0. The van der Waals surface area contributed by atoms with Gasteiger partial charge in [0.2, 0.25) is 5.91 Å². The van der Waals surface area contributed by atoms with Crippen molar-refractivity contribution in [1.29, 1.82) is 0 Å². The Kier molecular flexibility index (Phi) is 5.66. The molecule has 1 fully saturated rings. The maximum atomic E-state index is 12.1. The van der Waals surface area contributed by atoms with E-state index in [1.165, 1.54) is 4.90 Å². The molecule has 5 heteroatoms. The van der Waals surface area contributed by atoms with E-state index in [1.807, 2.05) is 0 Å². The van der Waals surface area contributed by atoms with Crippen molar-refractivity contribution in [3.05, 3.63) is 0 Å². The van der Waals surface area contributed by atoms with Gasteiger partial charge in [-0.2, -0.15) is 0 Å². The number of ether oxygens (including phenoxy) is 1. The van der Waals surface area contributed by atoms with E-state index in [4.69, 9.17) is 16.9 Å². The van der Waals surface area contributed by atoms with Gasteiger partial charge in [-0.3, -0.25) is 4.79 Å². The molecule has 0 aliphatic carbocycles. The van der Waals surface area contributed by atoms with E-state index in [9.17, 15) is 9.59 Å². The monoisotopic (exact) mass is 252 g/mol. The third kappa shape index (κ3) is 3.47. The lowest BCUT2D eigenvalue weighted by molar-refractivity contribution is -0.157. The summed E-state index contributed by atoms with van der Waals surface area (Å²) in [6.07, 6.45) is 7.76. The van der Waals surface area contributed by atoms with Crippen molar-refractivity contribution in [2.45, 2.75) is 44.7 Å². The maximum absolute atomic E-state index is 12.1. The molecule has 1 amide bonds. The molecule has 1 rings (SSSR count). The Bertz CT molecular complexity index is 349. The van der Waals surface area contributed by atoms with Gasteiger partial charge >= 0.3 is 5.97 Å². The van der Waals surface area contributed by atoms with Gasteiger partial charge in [-0.15, -0.1) is 12.3 Å². The van der Waals surface area contributed by atoms with Gasteiger partial charge in [0, 0.05) is 13.0 Å². The second-order valence-corrected chi connectivity index (χ2v) is 4.31. The van der Waals surface area contributed by atoms with Crippen LogP contribution in [0.15, 0.2) is 0 Å². The number of hydrogen-bond acceptors (Lipinski definition) is 4. The quantitative estimate of drug-likeness (QED) is 0.576. The van der Waals surface area contributed by atoms with Crippen LogP contribution in [0.4, 0.5) is 0 Å². The number of likely N-dealkylation sites (tertiary alicyclic amines) is 1. The number of carbonyl (C=O) groups excluding carboxylic acids is 2. The summed E-state index contributed by atoms with van der Waals surface area (Å²) in [5.74, 6) is 1.76. The zero-order valence-corrected chi connectivity index (χ0v) is 10.7. The second kappa shape index (κ2) is 7.02. The van der Waals surface area contributed by atoms with Crippen LogP contribution in [0.3, 0.4) is 0 Å². The highest BCUT2D eigenvalue weighted by molar-refractivity contribution is 5.87. The number of esters is 1. The highest BCUT2D eigenvalue weighted by atomic mass is 16.5. The minimum atomic E-state index is -0.731. The molecule has 0 aromatic heterocycles. The van der Waals surface area contributed by atoms with Crippen LogP contribution in [0, 0.1) is 12.3 Å². The average molecular weight is 252 g/mol. The number of nitrogens with two attached hydrogens (primary N) is 1. The molecule has 2 N–H and O–H groups in total. The van der Waals surface area contributed by atoms with Gasteiger partial charge in [-0.1, -0.05) is 0 Å². The summed E-state index contributed by atoms with van der Waals surface area (Å²) in [6.45, 7) is 2.60. The maximum Gasteiger partial charge on any atom is 0.328 e. The first-order chi connectivity index (χ1) is 8.61. The van der Waals surface area contributed by atoms with Gasteiger partial charge < -0.3 is 15.4 Å². The van der Waals surface area contributed by atoms with Crippen molar-refractivity contribution >= 4 is 11.9 Å². The van der Waals surface area contributed by atoms with E-state index >= 15 is 0 Å². The third-order valence-electron chi connectivity index (χ3n) is 3.00. The number of rotatable bonds is 4. The molecule has 0 bridgehead atoms. The first-order valence-electron chi connectivity index (χ1n) is 6.28. The molecule has 2 unspecified atom stereocenters. The van der Waals surface area contributed by atoms with E-state index in [0.717, 1.165) is 12.8 Å². The van der Waals surface area contributed by atoms with E-state index < -0.39 is 12.1 Å². The Morgan fingerprint density at radius 2 is 2.28 bits per heavy atom. The molecule has 0 radical (unpaired) electrons. The van der Waals surface area contributed by atoms with Gasteiger partial charge in [0.05, 0.1) is 12.6 Å². The van der Waals surface area contributed by atoms with Crippen LogP contribution < -0.4 is 5.73 Å². The van der Waals surface area contributed by atoms with E-state index in [0.29, 0.717) is 19.6 Å². The van der Waals surface area contributed by atoms with Crippen LogP contribution in [-0.2, 0) is 14.3 Å². The zero-order chi connectivity index (χ0) is 13.5.